The van der Waals surface area contributed by atoms with Gasteiger partial charge in [-0.05, 0) is 41.8 Å². The van der Waals surface area contributed by atoms with Gasteiger partial charge < -0.3 is 19.7 Å². The molecule has 1 unspecified atom stereocenters. The summed E-state index contributed by atoms with van der Waals surface area (Å²) in [6.45, 7) is 1.76. The Balaban J connectivity index is 2.11. The molecule has 3 aromatic rings. The van der Waals surface area contributed by atoms with E-state index in [0.29, 0.717) is 27.9 Å². The first-order valence-electron chi connectivity index (χ1n) is 13.7. The molecule has 1 N–H and O–H groups in total. The number of nitrogens with zero attached hydrogens (tertiary/aromatic N) is 2. The quantitative estimate of drug-likeness (QED) is 0.223. The molecule has 0 spiro atoms. The lowest BCUT2D eigenvalue weighted by molar-refractivity contribution is -0.140. The predicted molar refractivity (Wildman–Crippen MR) is 171 cm³/mol. The summed E-state index contributed by atoms with van der Waals surface area (Å²) in [5.41, 5.74) is 1.49. The Morgan fingerprint density at radius 1 is 0.977 bits per heavy atom. The zero-order chi connectivity index (χ0) is 31.6. The summed E-state index contributed by atoms with van der Waals surface area (Å²) in [6, 6.07) is 17.9. The average Bonchev–Trinajstić information content (AvgIpc) is 2.98. The van der Waals surface area contributed by atoms with Crippen molar-refractivity contribution in [1.82, 2.24) is 10.2 Å². The normalized spacial score (nSPS) is 11.9. The van der Waals surface area contributed by atoms with Crippen LogP contribution in [0, 0.1) is 0 Å². The molecule has 0 aromatic heterocycles. The van der Waals surface area contributed by atoms with Crippen LogP contribution in [0.5, 0.6) is 11.5 Å². The lowest BCUT2D eigenvalue weighted by atomic mass is 10.0. The molecular weight excluding hydrogens is 613 g/mol. The standard InChI is InChI=1S/C31H37Cl2N3O6S/c1-5-6-16-34-31(38)28(17-22-10-8-7-9-11-22)35(20-23-12-13-24(32)18-26(23)33)30(37)21-36(43(4,39)40)27-19-25(41-2)14-15-29(27)42-3/h7-15,18-19,28H,5-6,16-17,20-21H2,1-4H3,(H,34,38). The molecule has 0 aliphatic rings. The van der Waals surface area contributed by atoms with Crippen molar-refractivity contribution in [2.45, 2.75) is 38.8 Å². The molecule has 0 radical (unpaired) electrons. The van der Waals surface area contributed by atoms with Gasteiger partial charge in [-0.2, -0.15) is 0 Å². The second-order valence-corrected chi connectivity index (χ2v) is 12.7. The van der Waals surface area contributed by atoms with Gasteiger partial charge in [0.2, 0.25) is 21.8 Å². The molecule has 3 aromatic carbocycles. The molecule has 2 amide bonds. The zero-order valence-corrected chi connectivity index (χ0v) is 27.0. The molecule has 0 aliphatic carbocycles. The van der Waals surface area contributed by atoms with Crippen molar-refractivity contribution in [3.8, 4) is 11.5 Å². The molecule has 0 saturated heterocycles. The fourth-order valence-corrected chi connectivity index (χ4v) is 5.79. The Morgan fingerprint density at radius 3 is 2.30 bits per heavy atom. The number of unbranched alkanes of at least 4 members (excludes halogenated alkanes) is 1. The largest absolute Gasteiger partial charge is 0.497 e. The first-order valence-corrected chi connectivity index (χ1v) is 16.3. The monoisotopic (exact) mass is 649 g/mol. The number of sulfonamides is 1. The second-order valence-electron chi connectivity index (χ2n) is 9.91. The number of hydrogen-bond donors (Lipinski definition) is 1. The molecule has 9 nitrogen and oxygen atoms in total. The van der Waals surface area contributed by atoms with Crippen LogP contribution in [-0.4, -0.2) is 64.7 Å². The maximum absolute atomic E-state index is 14.3. The Bertz CT molecular complexity index is 1500. The number of amides is 2. The number of carbonyl (C=O) groups is 2. The molecule has 3 rings (SSSR count). The molecule has 0 saturated carbocycles. The minimum absolute atomic E-state index is 0.0691. The van der Waals surface area contributed by atoms with Crippen molar-refractivity contribution < 1.29 is 27.5 Å². The highest BCUT2D eigenvalue weighted by Gasteiger charge is 2.34. The second kappa shape index (κ2) is 15.8. The van der Waals surface area contributed by atoms with E-state index < -0.39 is 28.5 Å². The van der Waals surface area contributed by atoms with Crippen LogP contribution in [0.4, 0.5) is 5.69 Å². The molecule has 12 heteroatoms. The van der Waals surface area contributed by atoms with Gasteiger partial charge in [-0.3, -0.25) is 13.9 Å². The number of hydrogen-bond acceptors (Lipinski definition) is 6. The third-order valence-corrected chi connectivity index (χ3v) is 8.50. The number of rotatable bonds is 15. The number of ether oxygens (including phenoxy) is 2. The molecule has 1 atom stereocenters. The van der Waals surface area contributed by atoms with Gasteiger partial charge >= 0.3 is 0 Å². The van der Waals surface area contributed by atoms with E-state index in [0.717, 1.165) is 29.0 Å². The molecular formula is C31H37Cl2N3O6S. The summed E-state index contributed by atoms with van der Waals surface area (Å²) in [4.78, 5) is 29.4. The lowest BCUT2D eigenvalue weighted by Gasteiger charge is -2.34. The Labute approximate surface area is 263 Å². The van der Waals surface area contributed by atoms with Crippen LogP contribution in [0.2, 0.25) is 10.0 Å². The van der Waals surface area contributed by atoms with Crippen LogP contribution >= 0.6 is 23.2 Å². The first-order chi connectivity index (χ1) is 20.5. The van der Waals surface area contributed by atoms with Gasteiger partial charge in [0.1, 0.15) is 24.1 Å². The fraction of sp³-hybridized carbons (Fsp3) is 0.355. The van der Waals surface area contributed by atoms with Crippen molar-refractivity contribution in [3.05, 3.63) is 87.9 Å². The van der Waals surface area contributed by atoms with Crippen molar-refractivity contribution in [1.29, 1.82) is 0 Å². The van der Waals surface area contributed by atoms with Gasteiger partial charge in [-0.1, -0.05) is 72.9 Å². The van der Waals surface area contributed by atoms with E-state index in [2.05, 4.69) is 5.32 Å². The molecule has 0 fully saturated rings. The van der Waals surface area contributed by atoms with E-state index in [1.54, 1.807) is 30.3 Å². The average molecular weight is 651 g/mol. The summed E-state index contributed by atoms with van der Waals surface area (Å²) in [6.07, 6.45) is 2.83. The van der Waals surface area contributed by atoms with Crippen molar-refractivity contribution in [2.75, 3.05) is 37.9 Å². The molecule has 232 valence electrons. The number of nitrogens with one attached hydrogen (secondary N) is 1. The third-order valence-electron chi connectivity index (χ3n) is 6.79. The maximum atomic E-state index is 14.3. The van der Waals surface area contributed by atoms with Crippen molar-refractivity contribution in [3.63, 3.8) is 0 Å². The van der Waals surface area contributed by atoms with E-state index in [1.807, 2.05) is 37.3 Å². The molecule has 0 heterocycles. The fourth-order valence-electron chi connectivity index (χ4n) is 4.48. The summed E-state index contributed by atoms with van der Waals surface area (Å²) in [5.74, 6) is -0.378. The number of halogens is 2. The highest BCUT2D eigenvalue weighted by atomic mass is 35.5. The van der Waals surface area contributed by atoms with E-state index in [1.165, 1.54) is 25.2 Å². The summed E-state index contributed by atoms with van der Waals surface area (Å²) in [5, 5.41) is 3.67. The van der Waals surface area contributed by atoms with Crippen LogP contribution in [0.3, 0.4) is 0 Å². The van der Waals surface area contributed by atoms with Gasteiger partial charge in [0, 0.05) is 35.6 Å². The first kappa shape index (κ1) is 34.0. The Morgan fingerprint density at radius 2 is 1.70 bits per heavy atom. The molecule has 0 bridgehead atoms. The van der Waals surface area contributed by atoms with Crippen LogP contribution in [0.15, 0.2) is 66.7 Å². The number of methoxy groups -OCH3 is 2. The van der Waals surface area contributed by atoms with Gasteiger partial charge in [0.05, 0.1) is 26.2 Å². The Hall–Kier alpha value is -3.47. The van der Waals surface area contributed by atoms with E-state index in [-0.39, 0.29) is 30.3 Å². The smallest absolute Gasteiger partial charge is 0.244 e. The molecule has 0 aliphatic heterocycles. The maximum Gasteiger partial charge on any atom is 0.244 e. The number of carbonyl (C=O) groups excluding carboxylic acids is 2. The van der Waals surface area contributed by atoms with Crippen molar-refractivity contribution >= 4 is 50.7 Å². The Kier molecular flexibility index (Phi) is 12.5. The minimum Gasteiger partial charge on any atom is -0.497 e. The SMILES string of the molecule is CCCCNC(=O)C(Cc1ccccc1)N(Cc1ccc(Cl)cc1Cl)C(=O)CN(c1cc(OC)ccc1OC)S(C)(=O)=O. The highest BCUT2D eigenvalue weighted by Crippen LogP contribution is 2.34. The van der Waals surface area contributed by atoms with E-state index in [4.69, 9.17) is 32.7 Å². The minimum atomic E-state index is -4.01. The van der Waals surface area contributed by atoms with Gasteiger partial charge in [-0.25, -0.2) is 8.42 Å². The van der Waals surface area contributed by atoms with E-state index >= 15 is 0 Å². The summed E-state index contributed by atoms with van der Waals surface area (Å²) >= 11 is 12.6. The predicted octanol–water partition coefficient (Wildman–Crippen LogP) is 5.33. The van der Waals surface area contributed by atoms with Crippen molar-refractivity contribution in [2.24, 2.45) is 0 Å². The van der Waals surface area contributed by atoms with Gasteiger partial charge in [0.15, 0.2) is 0 Å². The number of benzene rings is 3. The van der Waals surface area contributed by atoms with Crippen LogP contribution in [-0.2, 0) is 32.6 Å². The third kappa shape index (κ3) is 9.51. The van der Waals surface area contributed by atoms with Crippen LogP contribution in [0.25, 0.3) is 0 Å². The van der Waals surface area contributed by atoms with Crippen LogP contribution < -0.4 is 19.1 Å². The zero-order valence-electron chi connectivity index (χ0n) is 24.7. The molecule has 43 heavy (non-hydrogen) atoms. The lowest BCUT2D eigenvalue weighted by Crippen LogP contribution is -2.53. The highest BCUT2D eigenvalue weighted by molar-refractivity contribution is 7.92. The topological polar surface area (TPSA) is 105 Å². The number of anilines is 1. The van der Waals surface area contributed by atoms with Crippen LogP contribution in [0.1, 0.15) is 30.9 Å². The van der Waals surface area contributed by atoms with Gasteiger partial charge in [-0.15, -0.1) is 0 Å². The van der Waals surface area contributed by atoms with E-state index in [9.17, 15) is 18.0 Å². The van der Waals surface area contributed by atoms with Gasteiger partial charge in [0.25, 0.3) is 0 Å². The summed E-state index contributed by atoms with van der Waals surface area (Å²) < 4.78 is 37.9. The summed E-state index contributed by atoms with van der Waals surface area (Å²) in [7, 11) is -1.16.